The second-order valence-corrected chi connectivity index (χ2v) is 2.78. The molecule has 68 valence electrons. The van der Waals surface area contributed by atoms with Gasteiger partial charge in [0, 0.05) is 5.56 Å². The first-order valence-electron chi connectivity index (χ1n) is 4.11. The Bertz CT molecular complexity index is 355. The van der Waals surface area contributed by atoms with E-state index < -0.39 is 5.82 Å². The smallest absolute Gasteiger partial charge is 0.141 e. The largest absolute Gasteiger partial charge is 0.508 e. The lowest BCUT2D eigenvalue weighted by Crippen LogP contribution is -1.94. The molecular weight excluding hydrogens is 169 g/mol. The summed E-state index contributed by atoms with van der Waals surface area (Å²) in [5.74, 6) is -0.566. The van der Waals surface area contributed by atoms with Crippen molar-refractivity contribution in [2.45, 2.75) is 19.8 Å². The van der Waals surface area contributed by atoms with E-state index in [9.17, 15) is 9.50 Å². The Morgan fingerprint density at radius 3 is 2.77 bits per heavy atom. The van der Waals surface area contributed by atoms with Gasteiger partial charge < -0.3 is 5.11 Å². The average molecular weight is 179 g/mol. The first kappa shape index (κ1) is 9.53. The van der Waals surface area contributed by atoms with Gasteiger partial charge in [0.05, 0.1) is 5.56 Å². The molecule has 0 unspecified atom stereocenters. The van der Waals surface area contributed by atoms with E-state index in [2.05, 4.69) is 0 Å². The van der Waals surface area contributed by atoms with Crippen molar-refractivity contribution in [1.82, 2.24) is 0 Å². The molecule has 0 aliphatic rings. The molecule has 0 saturated heterocycles. The molecule has 0 aromatic heterocycles. The lowest BCUT2D eigenvalue weighted by molar-refractivity contribution is 0.464. The zero-order valence-electron chi connectivity index (χ0n) is 7.34. The van der Waals surface area contributed by atoms with Crippen LogP contribution in [0.15, 0.2) is 12.1 Å². The highest BCUT2D eigenvalue weighted by molar-refractivity contribution is 5.46. The van der Waals surface area contributed by atoms with Gasteiger partial charge in [0.15, 0.2) is 0 Å². The van der Waals surface area contributed by atoms with Gasteiger partial charge in [-0.15, -0.1) is 0 Å². The molecule has 0 heterocycles. The van der Waals surface area contributed by atoms with Crippen molar-refractivity contribution in [3.8, 4) is 11.8 Å². The predicted molar refractivity (Wildman–Crippen MR) is 46.8 cm³/mol. The summed E-state index contributed by atoms with van der Waals surface area (Å²) in [6.45, 7) is 1.91. The second kappa shape index (κ2) is 3.90. The van der Waals surface area contributed by atoms with Crippen LogP contribution in [0, 0.1) is 17.1 Å². The number of aromatic hydroxyl groups is 1. The van der Waals surface area contributed by atoms with Gasteiger partial charge in [0.1, 0.15) is 17.6 Å². The number of phenolic OH excluding ortho intramolecular Hbond substituents is 1. The van der Waals surface area contributed by atoms with Crippen LogP contribution in [0.25, 0.3) is 0 Å². The summed E-state index contributed by atoms with van der Waals surface area (Å²) in [5, 5.41) is 18.0. The predicted octanol–water partition coefficient (Wildman–Crippen LogP) is 2.36. The molecule has 1 aromatic rings. The van der Waals surface area contributed by atoms with Crippen LogP contribution in [0.3, 0.4) is 0 Å². The second-order valence-electron chi connectivity index (χ2n) is 2.78. The molecule has 0 saturated carbocycles. The van der Waals surface area contributed by atoms with Gasteiger partial charge in [0.2, 0.25) is 0 Å². The number of halogens is 1. The molecule has 1 rings (SSSR count). The van der Waals surface area contributed by atoms with E-state index in [1.807, 2.05) is 6.92 Å². The van der Waals surface area contributed by atoms with Crippen LogP contribution in [0.1, 0.15) is 24.5 Å². The zero-order chi connectivity index (χ0) is 9.84. The molecule has 3 heteroatoms. The van der Waals surface area contributed by atoms with E-state index >= 15 is 0 Å². The minimum atomic E-state index is -0.566. The minimum absolute atomic E-state index is 0.000185. The number of phenols is 1. The van der Waals surface area contributed by atoms with Crippen LogP contribution < -0.4 is 0 Å². The Balaban J connectivity index is 3.28. The maximum atomic E-state index is 13.0. The molecule has 1 N–H and O–H groups in total. The van der Waals surface area contributed by atoms with E-state index in [0.717, 1.165) is 12.5 Å². The lowest BCUT2D eigenvalue weighted by atomic mass is 10.0. The van der Waals surface area contributed by atoms with Crippen molar-refractivity contribution >= 4 is 0 Å². The minimum Gasteiger partial charge on any atom is -0.508 e. The first-order chi connectivity index (χ1) is 6.20. The first-order valence-corrected chi connectivity index (χ1v) is 4.11. The van der Waals surface area contributed by atoms with Gasteiger partial charge in [0.25, 0.3) is 0 Å². The van der Waals surface area contributed by atoms with Crippen LogP contribution in [-0.2, 0) is 6.42 Å². The molecular formula is C10H10FNO. The van der Waals surface area contributed by atoms with Crippen LogP contribution in [-0.4, -0.2) is 5.11 Å². The van der Waals surface area contributed by atoms with Gasteiger partial charge in [-0.2, -0.15) is 5.26 Å². The number of hydrogen-bond donors (Lipinski definition) is 1. The van der Waals surface area contributed by atoms with Crippen LogP contribution >= 0.6 is 0 Å². The highest BCUT2D eigenvalue weighted by Crippen LogP contribution is 2.24. The Hall–Kier alpha value is -1.56. The number of nitrogens with zero attached hydrogens (tertiary/aromatic N) is 1. The average Bonchev–Trinajstić information content (AvgIpc) is 2.12. The Morgan fingerprint density at radius 2 is 2.23 bits per heavy atom. The molecule has 1 aromatic carbocycles. The summed E-state index contributed by atoms with van der Waals surface area (Å²) in [4.78, 5) is 0. The molecule has 0 bridgehead atoms. The fourth-order valence-electron chi connectivity index (χ4n) is 1.23. The molecule has 0 aliphatic heterocycles. The van der Waals surface area contributed by atoms with Crippen molar-refractivity contribution in [2.24, 2.45) is 0 Å². The van der Waals surface area contributed by atoms with Gasteiger partial charge in [-0.1, -0.05) is 13.3 Å². The van der Waals surface area contributed by atoms with E-state index in [0.29, 0.717) is 12.0 Å². The monoisotopic (exact) mass is 179 g/mol. The Kier molecular flexibility index (Phi) is 2.86. The molecule has 0 fully saturated rings. The van der Waals surface area contributed by atoms with E-state index in [1.165, 1.54) is 6.07 Å². The maximum absolute atomic E-state index is 13.0. The quantitative estimate of drug-likeness (QED) is 0.757. The van der Waals surface area contributed by atoms with Gasteiger partial charge >= 0.3 is 0 Å². The van der Waals surface area contributed by atoms with Crippen molar-refractivity contribution < 1.29 is 9.50 Å². The van der Waals surface area contributed by atoms with Gasteiger partial charge in [-0.25, -0.2) is 4.39 Å². The number of rotatable bonds is 2. The SMILES string of the molecule is CCCc1c(O)ccc(F)c1C#N. The lowest BCUT2D eigenvalue weighted by Gasteiger charge is -2.05. The summed E-state index contributed by atoms with van der Waals surface area (Å²) in [6, 6.07) is 4.14. The fraction of sp³-hybridized carbons (Fsp3) is 0.300. The van der Waals surface area contributed by atoms with Crippen molar-refractivity contribution in [3.05, 3.63) is 29.1 Å². The fourth-order valence-corrected chi connectivity index (χ4v) is 1.23. The summed E-state index contributed by atoms with van der Waals surface area (Å²) in [7, 11) is 0. The third-order valence-electron chi connectivity index (χ3n) is 1.85. The summed E-state index contributed by atoms with van der Waals surface area (Å²) < 4.78 is 13.0. The normalized spacial score (nSPS) is 9.62. The number of benzene rings is 1. The van der Waals surface area contributed by atoms with Crippen molar-refractivity contribution in [3.63, 3.8) is 0 Å². The van der Waals surface area contributed by atoms with Gasteiger partial charge in [-0.05, 0) is 18.6 Å². The maximum Gasteiger partial charge on any atom is 0.141 e. The van der Waals surface area contributed by atoms with E-state index in [-0.39, 0.29) is 11.3 Å². The third-order valence-corrected chi connectivity index (χ3v) is 1.85. The van der Waals surface area contributed by atoms with Crippen LogP contribution in [0.5, 0.6) is 5.75 Å². The Morgan fingerprint density at radius 1 is 1.54 bits per heavy atom. The molecule has 0 aliphatic carbocycles. The summed E-state index contributed by atoms with van der Waals surface area (Å²) >= 11 is 0. The molecule has 2 nitrogen and oxygen atoms in total. The standard InChI is InChI=1S/C10H10FNO/c1-2-3-7-8(6-12)9(11)4-5-10(7)13/h4-5,13H,2-3H2,1H3. The van der Waals surface area contributed by atoms with Crippen molar-refractivity contribution in [2.75, 3.05) is 0 Å². The van der Waals surface area contributed by atoms with Crippen LogP contribution in [0.2, 0.25) is 0 Å². The molecule has 0 atom stereocenters. The molecule has 0 spiro atoms. The topological polar surface area (TPSA) is 44.0 Å². The third kappa shape index (κ3) is 1.78. The highest BCUT2D eigenvalue weighted by atomic mass is 19.1. The highest BCUT2D eigenvalue weighted by Gasteiger charge is 2.11. The number of nitriles is 1. The Labute approximate surface area is 76.2 Å². The van der Waals surface area contributed by atoms with Crippen LogP contribution in [0.4, 0.5) is 4.39 Å². The van der Waals surface area contributed by atoms with Crippen molar-refractivity contribution in [1.29, 1.82) is 5.26 Å². The molecule has 13 heavy (non-hydrogen) atoms. The summed E-state index contributed by atoms with van der Waals surface area (Å²) in [6.07, 6.45) is 1.29. The molecule has 0 radical (unpaired) electrons. The summed E-state index contributed by atoms with van der Waals surface area (Å²) in [5.41, 5.74) is 0.367. The molecule has 0 amide bonds. The van der Waals surface area contributed by atoms with E-state index in [1.54, 1.807) is 6.07 Å². The number of hydrogen-bond acceptors (Lipinski definition) is 2. The zero-order valence-corrected chi connectivity index (χ0v) is 7.34. The van der Waals surface area contributed by atoms with E-state index in [4.69, 9.17) is 5.26 Å². The van der Waals surface area contributed by atoms with Gasteiger partial charge in [-0.3, -0.25) is 0 Å².